The number of amides is 1. The van der Waals surface area contributed by atoms with Gasteiger partial charge in [-0.05, 0) is 25.1 Å². The maximum absolute atomic E-state index is 12.3. The smallest absolute Gasteiger partial charge is 0.305 e. The third-order valence-corrected chi connectivity index (χ3v) is 2.96. The Kier molecular flexibility index (Phi) is 2.59. The summed E-state index contributed by atoms with van der Waals surface area (Å²) in [4.78, 5) is 17.9. The summed E-state index contributed by atoms with van der Waals surface area (Å²) in [5, 5.41) is 0. The highest BCUT2D eigenvalue weighted by atomic mass is 16.4. The predicted molar refractivity (Wildman–Crippen MR) is 70.2 cm³/mol. The van der Waals surface area contributed by atoms with Crippen molar-refractivity contribution in [1.29, 1.82) is 0 Å². The lowest BCUT2D eigenvalue weighted by molar-refractivity contribution is 0.0987. The molecule has 0 aliphatic heterocycles. The lowest BCUT2D eigenvalue weighted by atomic mass is 10.2. The van der Waals surface area contributed by atoms with E-state index in [2.05, 4.69) is 4.98 Å². The summed E-state index contributed by atoms with van der Waals surface area (Å²) < 4.78 is 10.7. The summed E-state index contributed by atoms with van der Waals surface area (Å²) in [5.74, 6) is 0.366. The molecule has 19 heavy (non-hydrogen) atoms. The third-order valence-electron chi connectivity index (χ3n) is 2.96. The molecule has 0 spiro atoms. The van der Waals surface area contributed by atoms with Crippen LogP contribution in [0.1, 0.15) is 16.1 Å². The maximum Gasteiger partial charge on any atom is 0.305 e. The number of oxazole rings is 1. The van der Waals surface area contributed by atoms with Gasteiger partial charge in [-0.2, -0.15) is 4.98 Å². The Hall–Kier alpha value is -2.56. The van der Waals surface area contributed by atoms with Gasteiger partial charge in [-0.1, -0.05) is 12.1 Å². The van der Waals surface area contributed by atoms with Crippen LogP contribution in [0.15, 0.2) is 45.4 Å². The average Bonchev–Trinajstić information content (AvgIpc) is 3.02. The van der Waals surface area contributed by atoms with Gasteiger partial charge in [0.2, 0.25) is 0 Å². The number of nitrogens with zero attached hydrogens (tertiary/aromatic N) is 2. The number of aryl methyl sites for hydroxylation is 1. The van der Waals surface area contributed by atoms with E-state index in [1.54, 1.807) is 20.0 Å². The minimum absolute atomic E-state index is 0.210. The van der Waals surface area contributed by atoms with E-state index in [1.165, 1.54) is 11.2 Å². The van der Waals surface area contributed by atoms with Crippen LogP contribution < -0.4 is 4.90 Å². The number of anilines is 1. The molecule has 0 saturated carbocycles. The van der Waals surface area contributed by atoms with E-state index >= 15 is 0 Å². The van der Waals surface area contributed by atoms with Crippen molar-refractivity contribution < 1.29 is 13.6 Å². The van der Waals surface area contributed by atoms with Gasteiger partial charge >= 0.3 is 6.01 Å². The fourth-order valence-electron chi connectivity index (χ4n) is 1.88. The van der Waals surface area contributed by atoms with Crippen LogP contribution in [-0.2, 0) is 0 Å². The Morgan fingerprint density at radius 1 is 1.26 bits per heavy atom. The van der Waals surface area contributed by atoms with Gasteiger partial charge in [0.25, 0.3) is 5.91 Å². The number of rotatable bonds is 2. The van der Waals surface area contributed by atoms with Crippen LogP contribution in [0, 0.1) is 6.92 Å². The summed E-state index contributed by atoms with van der Waals surface area (Å²) in [6.45, 7) is 1.74. The quantitative estimate of drug-likeness (QED) is 0.707. The van der Waals surface area contributed by atoms with Crippen molar-refractivity contribution in [2.75, 3.05) is 11.9 Å². The first-order valence-electron chi connectivity index (χ1n) is 5.84. The molecule has 0 radical (unpaired) electrons. The van der Waals surface area contributed by atoms with Gasteiger partial charge in [-0.3, -0.25) is 9.69 Å². The summed E-state index contributed by atoms with van der Waals surface area (Å²) in [6.07, 6.45) is 1.49. The molecule has 0 atom stereocenters. The van der Waals surface area contributed by atoms with Crippen molar-refractivity contribution in [3.63, 3.8) is 0 Å². The molecule has 96 valence electrons. The van der Waals surface area contributed by atoms with E-state index in [0.717, 1.165) is 5.52 Å². The Balaban J connectivity index is 1.97. The maximum atomic E-state index is 12.3. The van der Waals surface area contributed by atoms with Crippen LogP contribution >= 0.6 is 0 Å². The highest BCUT2D eigenvalue weighted by molar-refractivity contribution is 6.05. The number of hydrogen-bond acceptors (Lipinski definition) is 4. The van der Waals surface area contributed by atoms with Crippen molar-refractivity contribution >= 4 is 23.0 Å². The molecule has 3 aromatic rings. The number of carbonyl (C=O) groups excluding carboxylic acids is 1. The minimum atomic E-state index is -0.210. The topological polar surface area (TPSA) is 59.5 Å². The lowest BCUT2D eigenvalue weighted by Crippen LogP contribution is -2.26. The number of carbonyl (C=O) groups is 1. The number of para-hydroxylation sites is 2. The zero-order valence-electron chi connectivity index (χ0n) is 10.6. The highest BCUT2D eigenvalue weighted by Gasteiger charge is 2.21. The number of furan rings is 1. The molecule has 3 rings (SSSR count). The number of hydrogen-bond donors (Lipinski definition) is 0. The van der Waals surface area contributed by atoms with Crippen molar-refractivity contribution in [3.8, 4) is 0 Å². The van der Waals surface area contributed by atoms with E-state index in [4.69, 9.17) is 8.83 Å². The first-order chi connectivity index (χ1) is 9.16. The van der Waals surface area contributed by atoms with Crippen LogP contribution in [-0.4, -0.2) is 17.9 Å². The van der Waals surface area contributed by atoms with Crippen molar-refractivity contribution in [2.24, 2.45) is 0 Å². The molecule has 0 aliphatic rings. The molecule has 0 bridgehead atoms. The van der Waals surface area contributed by atoms with Crippen LogP contribution in [0.2, 0.25) is 0 Å². The minimum Gasteiger partial charge on any atom is -0.469 e. The van der Waals surface area contributed by atoms with E-state index in [9.17, 15) is 4.79 Å². The fraction of sp³-hybridized carbons (Fsp3) is 0.143. The second-order valence-corrected chi connectivity index (χ2v) is 4.22. The second-order valence-electron chi connectivity index (χ2n) is 4.22. The molecule has 0 saturated heterocycles. The summed E-state index contributed by atoms with van der Waals surface area (Å²) in [5.41, 5.74) is 1.88. The van der Waals surface area contributed by atoms with Crippen molar-refractivity contribution in [2.45, 2.75) is 6.92 Å². The summed E-state index contributed by atoms with van der Waals surface area (Å²) in [6, 6.07) is 9.29. The largest absolute Gasteiger partial charge is 0.469 e. The zero-order chi connectivity index (χ0) is 13.4. The average molecular weight is 256 g/mol. The molecule has 1 amide bonds. The Bertz CT molecular complexity index is 709. The number of benzene rings is 1. The molecule has 0 unspecified atom stereocenters. The molecular formula is C14H12N2O3. The van der Waals surface area contributed by atoms with Crippen molar-refractivity contribution in [3.05, 3.63) is 47.9 Å². The monoisotopic (exact) mass is 256 g/mol. The highest BCUT2D eigenvalue weighted by Crippen LogP contribution is 2.22. The molecule has 1 aromatic carbocycles. The molecule has 2 heterocycles. The van der Waals surface area contributed by atoms with Gasteiger partial charge in [0.15, 0.2) is 5.58 Å². The lowest BCUT2D eigenvalue weighted by Gasteiger charge is -2.11. The molecule has 0 fully saturated rings. The molecule has 0 aliphatic carbocycles. The molecule has 5 nitrogen and oxygen atoms in total. The van der Waals surface area contributed by atoms with E-state index in [-0.39, 0.29) is 11.9 Å². The molecular weight excluding hydrogens is 244 g/mol. The van der Waals surface area contributed by atoms with E-state index in [1.807, 2.05) is 24.3 Å². The molecule has 2 aromatic heterocycles. The van der Waals surface area contributed by atoms with Gasteiger partial charge in [0.1, 0.15) is 11.3 Å². The van der Waals surface area contributed by atoms with Gasteiger partial charge in [0.05, 0.1) is 11.8 Å². The summed E-state index contributed by atoms with van der Waals surface area (Å²) in [7, 11) is 1.62. The van der Waals surface area contributed by atoms with Crippen LogP contribution in [0.5, 0.6) is 0 Å². The number of aromatic nitrogens is 1. The van der Waals surface area contributed by atoms with Gasteiger partial charge in [-0.15, -0.1) is 0 Å². The van der Waals surface area contributed by atoms with Gasteiger partial charge in [-0.25, -0.2) is 0 Å². The van der Waals surface area contributed by atoms with Crippen molar-refractivity contribution in [1.82, 2.24) is 4.98 Å². The normalized spacial score (nSPS) is 10.8. The first-order valence-corrected chi connectivity index (χ1v) is 5.84. The summed E-state index contributed by atoms with van der Waals surface area (Å²) >= 11 is 0. The standard InChI is InChI=1S/C14H12N2O3/c1-9-10(7-8-18-9)13(17)16(2)14-15-11-5-3-4-6-12(11)19-14/h3-8H,1-2H3. The number of fused-ring (bicyclic) bond motifs is 1. The molecule has 5 heteroatoms. The molecule has 0 N–H and O–H groups in total. The third kappa shape index (κ3) is 1.89. The SMILES string of the molecule is Cc1occc1C(=O)N(C)c1nc2ccccc2o1. The van der Waals surface area contributed by atoms with Crippen LogP contribution in [0.4, 0.5) is 6.01 Å². The van der Waals surface area contributed by atoms with Gasteiger partial charge in [0, 0.05) is 7.05 Å². The van der Waals surface area contributed by atoms with E-state index < -0.39 is 0 Å². The predicted octanol–water partition coefficient (Wildman–Crippen LogP) is 3.01. The Morgan fingerprint density at radius 3 is 2.74 bits per heavy atom. The van der Waals surface area contributed by atoms with Crippen LogP contribution in [0.25, 0.3) is 11.1 Å². The first kappa shape index (κ1) is 11.5. The van der Waals surface area contributed by atoms with Gasteiger partial charge < -0.3 is 8.83 Å². The Labute approximate surface area is 109 Å². The second kappa shape index (κ2) is 4.28. The Morgan fingerprint density at radius 2 is 2.05 bits per heavy atom. The van der Waals surface area contributed by atoms with E-state index in [0.29, 0.717) is 16.9 Å². The van der Waals surface area contributed by atoms with Crippen LogP contribution in [0.3, 0.4) is 0 Å². The fourth-order valence-corrected chi connectivity index (χ4v) is 1.88. The zero-order valence-corrected chi connectivity index (χ0v) is 10.6.